The molecule has 50 heavy (non-hydrogen) atoms. The molecule has 0 aliphatic heterocycles. The number of allylic oxidation sites excluding steroid dienone is 6. The van der Waals surface area contributed by atoms with Gasteiger partial charge >= 0.3 is 0 Å². The quantitative estimate of drug-likeness (QED) is 0.126. The van der Waals surface area contributed by atoms with Gasteiger partial charge in [-0.2, -0.15) is 0 Å². The van der Waals surface area contributed by atoms with Crippen LogP contribution in [0.2, 0.25) is 0 Å². The first-order chi connectivity index (χ1) is 24.7. The molecule has 0 amide bonds. The topological polar surface area (TPSA) is 0 Å². The van der Waals surface area contributed by atoms with Gasteiger partial charge in [0.1, 0.15) is 0 Å². The van der Waals surface area contributed by atoms with Gasteiger partial charge in [-0.15, -0.1) is 6.58 Å². The Morgan fingerprint density at radius 3 is 1.46 bits per heavy atom. The van der Waals surface area contributed by atoms with Crippen molar-refractivity contribution in [1.82, 2.24) is 0 Å². The molecule has 9 rings (SSSR count). The van der Waals surface area contributed by atoms with Crippen molar-refractivity contribution in [3.8, 4) is 33.4 Å². The summed E-state index contributed by atoms with van der Waals surface area (Å²) in [5.74, 6) is 0.300. The largest absolute Gasteiger partial charge is 0.102 e. The molecule has 1 atom stereocenters. The van der Waals surface area contributed by atoms with E-state index < -0.39 is 0 Å². The zero-order valence-corrected chi connectivity index (χ0v) is 27.9. The highest BCUT2D eigenvalue weighted by Crippen LogP contribution is 2.45. The smallest absolute Gasteiger partial charge is 0.00558 e. The fourth-order valence-electron chi connectivity index (χ4n) is 8.02. The van der Waals surface area contributed by atoms with Gasteiger partial charge in [-0.1, -0.05) is 164 Å². The number of rotatable bonds is 6. The summed E-state index contributed by atoms with van der Waals surface area (Å²) in [6.45, 7) is 8.20. The third kappa shape index (κ3) is 5.00. The van der Waals surface area contributed by atoms with Crippen molar-refractivity contribution in [1.29, 1.82) is 0 Å². The fraction of sp³-hybridized carbons (Fsp3) is 0.0400. The monoisotopic (exact) mass is 636 g/mol. The highest BCUT2D eigenvalue weighted by atomic mass is 14.2. The van der Waals surface area contributed by atoms with Gasteiger partial charge in [0.15, 0.2) is 0 Å². The summed E-state index contributed by atoms with van der Waals surface area (Å²) in [6, 6.07) is 56.0. The van der Waals surface area contributed by atoms with E-state index in [1.165, 1.54) is 93.2 Å². The summed E-state index contributed by atoms with van der Waals surface area (Å²) in [4.78, 5) is 0. The second-order valence-electron chi connectivity index (χ2n) is 13.3. The highest BCUT2D eigenvalue weighted by molar-refractivity contribution is 6.21. The van der Waals surface area contributed by atoms with Crippen LogP contribution in [0.1, 0.15) is 12.0 Å². The van der Waals surface area contributed by atoms with E-state index in [1.807, 2.05) is 12.2 Å². The molecule has 1 unspecified atom stereocenters. The minimum absolute atomic E-state index is 0.300. The van der Waals surface area contributed by atoms with E-state index in [1.54, 1.807) is 0 Å². The lowest BCUT2D eigenvalue weighted by molar-refractivity contribution is 0.792. The van der Waals surface area contributed by atoms with Crippen molar-refractivity contribution in [2.45, 2.75) is 6.42 Å². The first-order valence-electron chi connectivity index (χ1n) is 17.4. The van der Waals surface area contributed by atoms with E-state index in [0.717, 1.165) is 6.42 Å². The van der Waals surface area contributed by atoms with Gasteiger partial charge in [-0.05, 0) is 118 Å². The molecular weight excluding hydrogens is 601 g/mol. The van der Waals surface area contributed by atoms with Gasteiger partial charge in [0.05, 0.1) is 0 Å². The van der Waals surface area contributed by atoms with Gasteiger partial charge in [-0.25, -0.2) is 0 Å². The Balaban J connectivity index is 1.17. The maximum atomic E-state index is 4.13. The van der Waals surface area contributed by atoms with Gasteiger partial charge in [0.25, 0.3) is 0 Å². The predicted octanol–water partition coefficient (Wildman–Crippen LogP) is 14.0. The third-order valence-corrected chi connectivity index (χ3v) is 10.5. The lowest BCUT2D eigenvalue weighted by Gasteiger charge is -2.21. The zero-order chi connectivity index (χ0) is 33.6. The van der Waals surface area contributed by atoms with Gasteiger partial charge in [0.2, 0.25) is 0 Å². The van der Waals surface area contributed by atoms with Crippen LogP contribution in [0, 0.1) is 5.92 Å². The molecule has 0 nitrogen and oxygen atoms in total. The molecule has 0 radical (unpaired) electrons. The summed E-state index contributed by atoms with van der Waals surface area (Å²) in [5, 5.41) is 10.1. The molecule has 0 saturated carbocycles. The van der Waals surface area contributed by atoms with Crippen molar-refractivity contribution in [3.63, 3.8) is 0 Å². The number of hydrogen-bond acceptors (Lipinski definition) is 0. The predicted molar refractivity (Wildman–Crippen MR) is 217 cm³/mol. The molecule has 0 N–H and O–H groups in total. The van der Waals surface area contributed by atoms with Crippen LogP contribution in [-0.4, -0.2) is 0 Å². The Morgan fingerprint density at radius 2 is 0.880 bits per heavy atom. The van der Waals surface area contributed by atoms with Crippen molar-refractivity contribution in [2.75, 3.05) is 0 Å². The second kappa shape index (κ2) is 12.3. The summed E-state index contributed by atoms with van der Waals surface area (Å²) in [5.41, 5.74) is 11.2. The molecular formula is C50H36. The van der Waals surface area contributed by atoms with Crippen molar-refractivity contribution in [2.24, 2.45) is 5.92 Å². The standard InChI is InChI=1S/C50H36/c1-3-33-14-11-19-44(43(33)4-2)35-21-23-36(24-22-35)49-45-15-7-9-17-47(45)50(48-18-10-8-16-46(48)49)42-29-28-40-31-39(26-27-41(40)32-42)38-25-20-34-12-5-6-13-37(34)30-38/h3-13,15-33H,1-2,14H2. The lowest BCUT2D eigenvalue weighted by Crippen LogP contribution is -2.04. The van der Waals surface area contributed by atoms with Crippen LogP contribution < -0.4 is 0 Å². The molecule has 1 aliphatic rings. The van der Waals surface area contributed by atoms with Crippen molar-refractivity contribution >= 4 is 48.7 Å². The van der Waals surface area contributed by atoms with Crippen LogP contribution in [0.3, 0.4) is 0 Å². The normalized spacial score (nSPS) is 14.5. The highest BCUT2D eigenvalue weighted by Gasteiger charge is 2.19. The van der Waals surface area contributed by atoms with E-state index in [0.29, 0.717) is 5.92 Å². The fourth-order valence-corrected chi connectivity index (χ4v) is 8.02. The van der Waals surface area contributed by atoms with Crippen molar-refractivity contribution in [3.05, 3.63) is 200 Å². The third-order valence-electron chi connectivity index (χ3n) is 10.5. The Labute approximate surface area is 293 Å². The summed E-state index contributed by atoms with van der Waals surface area (Å²) in [6.07, 6.45) is 9.49. The molecule has 0 saturated heterocycles. The van der Waals surface area contributed by atoms with Crippen LogP contribution in [-0.2, 0) is 0 Å². The molecule has 0 fully saturated rings. The Kier molecular flexibility index (Phi) is 7.37. The molecule has 8 aromatic rings. The van der Waals surface area contributed by atoms with Crippen LogP contribution in [0.15, 0.2) is 195 Å². The minimum Gasteiger partial charge on any atom is -0.102 e. The molecule has 0 bridgehead atoms. The zero-order valence-electron chi connectivity index (χ0n) is 27.9. The SMILES string of the molecule is C=CC1=C(c2ccc(-c3c4ccccc4c(-c4ccc5cc(-c6ccc7ccccc7c6)ccc5c4)c4ccccc34)cc2)C=CCC1C=C. The number of hydrogen-bond donors (Lipinski definition) is 0. The van der Waals surface area contributed by atoms with E-state index in [-0.39, 0.29) is 0 Å². The minimum atomic E-state index is 0.300. The summed E-state index contributed by atoms with van der Waals surface area (Å²) < 4.78 is 0. The second-order valence-corrected chi connectivity index (χ2v) is 13.3. The van der Waals surface area contributed by atoms with Crippen LogP contribution in [0.5, 0.6) is 0 Å². The summed E-state index contributed by atoms with van der Waals surface area (Å²) >= 11 is 0. The molecule has 236 valence electrons. The van der Waals surface area contributed by atoms with Crippen molar-refractivity contribution < 1.29 is 0 Å². The number of benzene rings is 8. The Hall–Kier alpha value is -6.24. The van der Waals surface area contributed by atoms with Crippen LogP contribution in [0.25, 0.3) is 82.0 Å². The maximum Gasteiger partial charge on any atom is 0.00558 e. The van der Waals surface area contributed by atoms with Gasteiger partial charge < -0.3 is 0 Å². The van der Waals surface area contributed by atoms with E-state index in [2.05, 4.69) is 177 Å². The van der Waals surface area contributed by atoms with Crippen LogP contribution in [0.4, 0.5) is 0 Å². The maximum absolute atomic E-state index is 4.13. The molecule has 0 heterocycles. The molecule has 0 spiro atoms. The van der Waals surface area contributed by atoms with Crippen LogP contribution >= 0.6 is 0 Å². The average molecular weight is 637 g/mol. The van der Waals surface area contributed by atoms with Gasteiger partial charge in [-0.3, -0.25) is 0 Å². The lowest BCUT2D eigenvalue weighted by atomic mass is 9.83. The molecule has 8 aromatic carbocycles. The van der Waals surface area contributed by atoms with E-state index >= 15 is 0 Å². The van der Waals surface area contributed by atoms with E-state index in [4.69, 9.17) is 0 Å². The Morgan fingerprint density at radius 1 is 0.440 bits per heavy atom. The molecule has 0 heteroatoms. The molecule has 1 aliphatic carbocycles. The first-order valence-corrected chi connectivity index (χ1v) is 17.4. The van der Waals surface area contributed by atoms with Gasteiger partial charge in [0, 0.05) is 5.92 Å². The average Bonchev–Trinajstić information content (AvgIpc) is 3.19. The van der Waals surface area contributed by atoms with E-state index in [9.17, 15) is 0 Å². The first kappa shape index (κ1) is 29.9. The Bertz CT molecular complexity index is 2640. The number of fused-ring (bicyclic) bond motifs is 4. The summed E-state index contributed by atoms with van der Waals surface area (Å²) in [7, 11) is 0. The molecule has 0 aromatic heterocycles.